The molecule has 1 saturated heterocycles. The molecule has 2 aromatic rings. The summed E-state index contributed by atoms with van der Waals surface area (Å²) in [5, 5.41) is 4.80. The number of nitrogens with one attached hydrogen (secondary N) is 1. The van der Waals surface area contributed by atoms with Crippen LogP contribution in [0.4, 0.5) is 0 Å². The highest BCUT2D eigenvalue weighted by Gasteiger charge is 2.18. The van der Waals surface area contributed by atoms with Gasteiger partial charge in [-0.1, -0.05) is 6.07 Å². The van der Waals surface area contributed by atoms with E-state index in [4.69, 9.17) is 0 Å². The van der Waals surface area contributed by atoms with Gasteiger partial charge in [0.05, 0.1) is 0 Å². The molecule has 1 atom stereocenters. The Morgan fingerprint density at radius 1 is 1.50 bits per heavy atom. The van der Waals surface area contributed by atoms with Crippen molar-refractivity contribution in [2.45, 2.75) is 18.9 Å². The lowest BCUT2D eigenvalue weighted by atomic mass is 10.2. The number of nitrogens with zero attached hydrogens (tertiary/aromatic N) is 1. The number of thiophene rings is 1. The first kappa shape index (κ1) is 8.38. The van der Waals surface area contributed by atoms with E-state index in [9.17, 15) is 0 Å². The van der Waals surface area contributed by atoms with E-state index in [2.05, 4.69) is 22.4 Å². The van der Waals surface area contributed by atoms with Gasteiger partial charge in [0, 0.05) is 22.5 Å². The van der Waals surface area contributed by atoms with Gasteiger partial charge >= 0.3 is 0 Å². The highest BCUT2D eigenvalue weighted by Crippen LogP contribution is 2.32. The van der Waals surface area contributed by atoms with Gasteiger partial charge in [-0.25, -0.2) is 4.98 Å². The second kappa shape index (κ2) is 3.33. The van der Waals surface area contributed by atoms with Gasteiger partial charge in [-0.2, -0.15) is 0 Å². The minimum Gasteiger partial charge on any atom is -0.309 e. The molecule has 0 radical (unpaired) electrons. The molecule has 2 nitrogen and oxygen atoms in total. The van der Waals surface area contributed by atoms with Crippen LogP contribution in [0.3, 0.4) is 0 Å². The zero-order valence-electron chi connectivity index (χ0n) is 7.86. The molecule has 3 heteroatoms. The lowest BCUT2D eigenvalue weighted by Crippen LogP contribution is -2.11. The van der Waals surface area contributed by atoms with Crippen LogP contribution in [-0.4, -0.2) is 11.5 Å². The summed E-state index contributed by atoms with van der Waals surface area (Å²) in [7, 11) is 0. The fraction of sp³-hybridized carbons (Fsp3) is 0.364. The van der Waals surface area contributed by atoms with Gasteiger partial charge in [0.15, 0.2) is 0 Å². The summed E-state index contributed by atoms with van der Waals surface area (Å²) in [5.74, 6) is 0. The topological polar surface area (TPSA) is 24.9 Å². The second-order valence-corrected chi connectivity index (χ2v) is 4.76. The highest BCUT2D eigenvalue weighted by molar-refractivity contribution is 7.18. The van der Waals surface area contributed by atoms with Crippen LogP contribution < -0.4 is 5.32 Å². The Kier molecular flexibility index (Phi) is 2.00. The van der Waals surface area contributed by atoms with Crippen LogP contribution in [-0.2, 0) is 0 Å². The summed E-state index contributed by atoms with van der Waals surface area (Å²) >= 11 is 1.82. The van der Waals surface area contributed by atoms with Crippen molar-refractivity contribution in [2.24, 2.45) is 0 Å². The Labute approximate surface area is 87.0 Å². The maximum absolute atomic E-state index is 4.36. The van der Waals surface area contributed by atoms with Crippen molar-refractivity contribution in [3.05, 3.63) is 29.3 Å². The maximum Gasteiger partial charge on any atom is 0.123 e. The van der Waals surface area contributed by atoms with Gasteiger partial charge in [-0.05, 0) is 31.5 Å². The van der Waals surface area contributed by atoms with Crippen molar-refractivity contribution >= 4 is 21.6 Å². The SMILES string of the molecule is c1cnc2sc(C3CCCN3)cc2c1. The molecular formula is C11H12N2S. The molecule has 1 fully saturated rings. The monoisotopic (exact) mass is 204 g/mol. The Bertz CT molecular complexity index is 410. The van der Waals surface area contributed by atoms with E-state index in [-0.39, 0.29) is 0 Å². The van der Waals surface area contributed by atoms with E-state index < -0.39 is 0 Å². The lowest BCUT2D eigenvalue weighted by molar-refractivity contribution is 0.660. The molecule has 1 N–H and O–H groups in total. The van der Waals surface area contributed by atoms with Gasteiger partial charge in [0.1, 0.15) is 4.83 Å². The summed E-state index contributed by atoms with van der Waals surface area (Å²) in [6.07, 6.45) is 4.43. The van der Waals surface area contributed by atoms with Crippen molar-refractivity contribution in [1.82, 2.24) is 10.3 Å². The average Bonchev–Trinajstić information content (AvgIpc) is 2.86. The molecule has 1 aliphatic rings. The second-order valence-electron chi connectivity index (χ2n) is 3.70. The summed E-state index contributed by atoms with van der Waals surface area (Å²) in [6.45, 7) is 1.16. The Morgan fingerprint density at radius 2 is 2.50 bits per heavy atom. The molecule has 0 saturated carbocycles. The van der Waals surface area contributed by atoms with Crippen molar-refractivity contribution < 1.29 is 0 Å². The van der Waals surface area contributed by atoms with Crippen molar-refractivity contribution in [2.75, 3.05) is 6.54 Å². The molecular weight excluding hydrogens is 192 g/mol. The van der Waals surface area contributed by atoms with Gasteiger partial charge < -0.3 is 5.32 Å². The predicted octanol–water partition coefficient (Wildman–Crippen LogP) is 2.72. The molecule has 1 unspecified atom stereocenters. The van der Waals surface area contributed by atoms with E-state index in [0.717, 1.165) is 11.4 Å². The third kappa shape index (κ3) is 1.33. The molecule has 72 valence electrons. The molecule has 2 aromatic heterocycles. The van der Waals surface area contributed by atoms with Crippen LogP contribution in [0.5, 0.6) is 0 Å². The summed E-state index contributed by atoms with van der Waals surface area (Å²) in [4.78, 5) is 6.97. The van der Waals surface area contributed by atoms with E-state index in [1.165, 1.54) is 23.1 Å². The lowest BCUT2D eigenvalue weighted by Gasteiger charge is -2.05. The van der Waals surface area contributed by atoms with Crippen LogP contribution in [0.25, 0.3) is 10.2 Å². The van der Waals surface area contributed by atoms with Crippen LogP contribution in [0.15, 0.2) is 24.4 Å². The predicted molar refractivity (Wildman–Crippen MR) is 59.6 cm³/mol. The van der Waals surface area contributed by atoms with Crippen molar-refractivity contribution in [3.63, 3.8) is 0 Å². The van der Waals surface area contributed by atoms with Crippen molar-refractivity contribution in [3.8, 4) is 0 Å². The van der Waals surface area contributed by atoms with E-state index >= 15 is 0 Å². The van der Waals surface area contributed by atoms with E-state index in [0.29, 0.717) is 6.04 Å². The molecule has 0 aliphatic carbocycles. The molecule has 0 amide bonds. The number of hydrogen-bond acceptors (Lipinski definition) is 3. The maximum atomic E-state index is 4.36. The molecule has 3 rings (SSSR count). The van der Waals surface area contributed by atoms with Gasteiger partial charge in [0.25, 0.3) is 0 Å². The largest absolute Gasteiger partial charge is 0.309 e. The van der Waals surface area contributed by atoms with Crippen LogP contribution in [0.2, 0.25) is 0 Å². The van der Waals surface area contributed by atoms with Crippen LogP contribution in [0.1, 0.15) is 23.8 Å². The first-order valence-corrected chi connectivity index (χ1v) is 5.83. The smallest absolute Gasteiger partial charge is 0.123 e. The average molecular weight is 204 g/mol. The third-order valence-corrected chi connectivity index (χ3v) is 3.89. The van der Waals surface area contributed by atoms with E-state index in [1.807, 2.05) is 23.6 Å². The van der Waals surface area contributed by atoms with Gasteiger partial charge in [-0.15, -0.1) is 11.3 Å². The van der Waals surface area contributed by atoms with Gasteiger partial charge in [-0.3, -0.25) is 0 Å². The summed E-state index contributed by atoms with van der Waals surface area (Å²) in [5.41, 5.74) is 0. The van der Waals surface area contributed by atoms with Crippen molar-refractivity contribution in [1.29, 1.82) is 0 Å². The Balaban J connectivity index is 2.05. The zero-order chi connectivity index (χ0) is 9.38. The minimum absolute atomic E-state index is 0.578. The zero-order valence-corrected chi connectivity index (χ0v) is 8.68. The molecule has 14 heavy (non-hydrogen) atoms. The standard InChI is InChI=1S/C11H12N2S/c1-3-8-7-10(9-4-2-5-12-9)14-11(8)13-6-1/h1,3,6-7,9,12H,2,4-5H2. The first-order valence-electron chi connectivity index (χ1n) is 5.01. The van der Waals surface area contributed by atoms with Gasteiger partial charge in [0.2, 0.25) is 0 Å². The van der Waals surface area contributed by atoms with Crippen LogP contribution >= 0.6 is 11.3 Å². The molecule has 1 aliphatic heterocycles. The summed E-state index contributed by atoms with van der Waals surface area (Å²) < 4.78 is 0. The fourth-order valence-corrected chi connectivity index (χ4v) is 3.10. The third-order valence-electron chi connectivity index (χ3n) is 2.72. The van der Waals surface area contributed by atoms with Crippen LogP contribution in [0, 0.1) is 0 Å². The normalized spacial score (nSPS) is 21.9. The summed E-state index contributed by atoms with van der Waals surface area (Å²) in [6, 6.07) is 6.99. The first-order chi connectivity index (χ1) is 6.93. The minimum atomic E-state index is 0.578. The Hall–Kier alpha value is -0.930. The number of fused-ring (bicyclic) bond motifs is 1. The molecule has 3 heterocycles. The molecule has 0 aromatic carbocycles. The number of aromatic nitrogens is 1. The highest BCUT2D eigenvalue weighted by atomic mass is 32.1. The quantitative estimate of drug-likeness (QED) is 0.772. The fourth-order valence-electron chi connectivity index (χ4n) is 1.99. The molecule has 0 bridgehead atoms. The van der Waals surface area contributed by atoms with E-state index in [1.54, 1.807) is 0 Å². The Morgan fingerprint density at radius 3 is 3.29 bits per heavy atom. The number of rotatable bonds is 1. The number of pyridine rings is 1. The molecule has 0 spiro atoms. The number of hydrogen-bond donors (Lipinski definition) is 1.